The van der Waals surface area contributed by atoms with Crippen LogP contribution in [0.5, 0.6) is 5.75 Å². The third-order valence-corrected chi connectivity index (χ3v) is 3.32. The zero-order valence-corrected chi connectivity index (χ0v) is 13.8. The van der Waals surface area contributed by atoms with Gasteiger partial charge >= 0.3 is 5.97 Å². The molecule has 0 saturated heterocycles. The lowest BCUT2D eigenvalue weighted by atomic mass is 10.2. The fraction of sp³-hybridized carbons (Fsp3) is 0.263. The van der Waals surface area contributed by atoms with Crippen LogP contribution in [-0.2, 0) is 16.1 Å². The third-order valence-electron chi connectivity index (χ3n) is 3.32. The van der Waals surface area contributed by atoms with Gasteiger partial charge in [0.05, 0.1) is 5.56 Å². The second-order valence-corrected chi connectivity index (χ2v) is 5.24. The SMILES string of the molecule is CCNC(=O)[C@H](C)OC(=O)c1cccc(OCc2ccccc2)c1. The van der Waals surface area contributed by atoms with Crippen LogP contribution in [0.3, 0.4) is 0 Å². The molecule has 0 aliphatic carbocycles. The molecule has 2 rings (SSSR count). The molecule has 1 N–H and O–H groups in total. The van der Waals surface area contributed by atoms with Crippen molar-refractivity contribution in [2.45, 2.75) is 26.6 Å². The maximum absolute atomic E-state index is 12.1. The highest BCUT2D eigenvalue weighted by molar-refractivity contribution is 5.92. The standard InChI is InChI=1S/C19H21NO4/c1-3-20-18(21)14(2)24-19(22)16-10-7-11-17(12-16)23-13-15-8-5-4-6-9-15/h4-12,14H,3,13H2,1-2H3,(H,20,21)/t14-/m0/s1. The zero-order valence-electron chi connectivity index (χ0n) is 13.8. The molecule has 0 aliphatic heterocycles. The van der Waals surface area contributed by atoms with Gasteiger partial charge in [0, 0.05) is 6.54 Å². The highest BCUT2D eigenvalue weighted by atomic mass is 16.5. The summed E-state index contributed by atoms with van der Waals surface area (Å²) in [6, 6.07) is 16.5. The van der Waals surface area contributed by atoms with E-state index in [1.165, 1.54) is 0 Å². The van der Waals surface area contributed by atoms with Gasteiger partial charge in [-0.1, -0.05) is 36.4 Å². The highest BCUT2D eigenvalue weighted by Gasteiger charge is 2.18. The van der Waals surface area contributed by atoms with E-state index in [4.69, 9.17) is 9.47 Å². The molecule has 5 heteroatoms. The van der Waals surface area contributed by atoms with Crippen LogP contribution in [-0.4, -0.2) is 24.5 Å². The number of benzene rings is 2. The van der Waals surface area contributed by atoms with Crippen molar-refractivity contribution in [3.8, 4) is 5.75 Å². The number of nitrogens with one attached hydrogen (secondary N) is 1. The van der Waals surface area contributed by atoms with Crippen LogP contribution in [0.2, 0.25) is 0 Å². The van der Waals surface area contributed by atoms with E-state index in [1.54, 1.807) is 38.1 Å². The van der Waals surface area contributed by atoms with Crippen molar-refractivity contribution in [1.82, 2.24) is 5.32 Å². The zero-order chi connectivity index (χ0) is 17.4. The largest absolute Gasteiger partial charge is 0.489 e. The number of amides is 1. The van der Waals surface area contributed by atoms with Crippen LogP contribution >= 0.6 is 0 Å². The minimum Gasteiger partial charge on any atom is -0.489 e. The molecule has 5 nitrogen and oxygen atoms in total. The van der Waals surface area contributed by atoms with Crippen LogP contribution in [0.25, 0.3) is 0 Å². The number of rotatable bonds is 7. The lowest BCUT2D eigenvalue weighted by Gasteiger charge is -2.13. The van der Waals surface area contributed by atoms with Crippen LogP contribution in [0, 0.1) is 0 Å². The molecule has 0 bridgehead atoms. The van der Waals surface area contributed by atoms with E-state index < -0.39 is 12.1 Å². The predicted octanol–water partition coefficient (Wildman–Crippen LogP) is 2.95. The Labute approximate surface area is 141 Å². The van der Waals surface area contributed by atoms with Crippen LogP contribution in [0.15, 0.2) is 54.6 Å². The highest BCUT2D eigenvalue weighted by Crippen LogP contribution is 2.16. The summed E-state index contributed by atoms with van der Waals surface area (Å²) in [5.41, 5.74) is 1.38. The summed E-state index contributed by atoms with van der Waals surface area (Å²) in [4.78, 5) is 23.8. The van der Waals surface area contributed by atoms with E-state index in [0.717, 1.165) is 5.56 Å². The van der Waals surface area contributed by atoms with E-state index >= 15 is 0 Å². The van der Waals surface area contributed by atoms with Crippen molar-refractivity contribution < 1.29 is 19.1 Å². The van der Waals surface area contributed by atoms with Gasteiger partial charge in [-0.05, 0) is 37.6 Å². The van der Waals surface area contributed by atoms with Gasteiger partial charge in [0.15, 0.2) is 6.10 Å². The molecule has 0 radical (unpaired) electrons. The van der Waals surface area contributed by atoms with Crippen molar-refractivity contribution in [1.29, 1.82) is 0 Å². The summed E-state index contributed by atoms with van der Waals surface area (Å²) in [6.45, 7) is 4.25. The molecular weight excluding hydrogens is 306 g/mol. The third kappa shape index (κ3) is 5.12. The molecule has 1 atom stereocenters. The van der Waals surface area contributed by atoms with Gasteiger partial charge < -0.3 is 14.8 Å². The van der Waals surface area contributed by atoms with Gasteiger partial charge in [-0.3, -0.25) is 4.79 Å². The Morgan fingerprint density at radius 1 is 1.08 bits per heavy atom. The average Bonchev–Trinajstić information content (AvgIpc) is 2.61. The van der Waals surface area contributed by atoms with Crippen molar-refractivity contribution >= 4 is 11.9 Å². The van der Waals surface area contributed by atoms with Gasteiger partial charge in [0.1, 0.15) is 12.4 Å². The van der Waals surface area contributed by atoms with E-state index in [2.05, 4.69) is 5.32 Å². The molecule has 126 valence electrons. The Morgan fingerprint density at radius 2 is 1.83 bits per heavy atom. The number of carbonyl (C=O) groups is 2. The monoisotopic (exact) mass is 327 g/mol. The van der Waals surface area contributed by atoms with Crippen LogP contribution in [0.4, 0.5) is 0 Å². The van der Waals surface area contributed by atoms with Crippen molar-refractivity contribution in [3.63, 3.8) is 0 Å². The van der Waals surface area contributed by atoms with Crippen molar-refractivity contribution in [3.05, 3.63) is 65.7 Å². The molecule has 0 unspecified atom stereocenters. The van der Waals surface area contributed by atoms with Gasteiger partial charge in [0.2, 0.25) is 0 Å². The molecule has 0 saturated carbocycles. The van der Waals surface area contributed by atoms with Gasteiger partial charge in [-0.25, -0.2) is 4.79 Å². The van der Waals surface area contributed by atoms with Gasteiger partial charge in [-0.15, -0.1) is 0 Å². The maximum Gasteiger partial charge on any atom is 0.339 e. The molecule has 0 spiro atoms. The number of hydrogen-bond acceptors (Lipinski definition) is 4. The average molecular weight is 327 g/mol. The smallest absolute Gasteiger partial charge is 0.339 e. The van der Waals surface area contributed by atoms with E-state index in [9.17, 15) is 9.59 Å². The first kappa shape index (κ1) is 17.5. The Morgan fingerprint density at radius 3 is 2.54 bits per heavy atom. The maximum atomic E-state index is 12.1. The van der Waals surface area contributed by atoms with Crippen LogP contribution < -0.4 is 10.1 Å². The molecular formula is C19H21NO4. The molecule has 24 heavy (non-hydrogen) atoms. The molecule has 2 aromatic carbocycles. The van der Waals surface area contributed by atoms with Crippen molar-refractivity contribution in [2.75, 3.05) is 6.54 Å². The lowest BCUT2D eigenvalue weighted by molar-refractivity contribution is -0.128. The topological polar surface area (TPSA) is 64.6 Å². The predicted molar refractivity (Wildman–Crippen MR) is 90.8 cm³/mol. The molecule has 0 fully saturated rings. The molecule has 2 aromatic rings. The lowest BCUT2D eigenvalue weighted by Crippen LogP contribution is -2.35. The number of ether oxygens (including phenoxy) is 2. The Kier molecular flexibility index (Phi) is 6.37. The Balaban J connectivity index is 1.96. The van der Waals surface area contributed by atoms with E-state index in [1.807, 2.05) is 30.3 Å². The number of esters is 1. The normalized spacial score (nSPS) is 11.4. The minimum atomic E-state index is -0.841. The summed E-state index contributed by atoms with van der Waals surface area (Å²) in [6.07, 6.45) is -0.841. The Hall–Kier alpha value is -2.82. The summed E-state index contributed by atoms with van der Waals surface area (Å²) >= 11 is 0. The number of hydrogen-bond donors (Lipinski definition) is 1. The molecule has 0 aliphatic rings. The second-order valence-electron chi connectivity index (χ2n) is 5.24. The summed E-state index contributed by atoms with van der Waals surface area (Å²) in [5, 5.41) is 2.61. The number of carbonyl (C=O) groups excluding carboxylic acids is 2. The summed E-state index contributed by atoms with van der Waals surface area (Å²) < 4.78 is 10.8. The molecule has 1 amide bonds. The summed E-state index contributed by atoms with van der Waals surface area (Å²) in [7, 11) is 0. The first-order valence-electron chi connectivity index (χ1n) is 7.85. The fourth-order valence-electron chi connectivity index (χ4n) is 2.05. The number of likely N-dealkylation sites (N-methyl/N-ethyl adjacent to an activating group) is 1. The van der Waals surface area contributed by atoms with E-state index in [-0.39, 0.29) is 5.91 Å². The first-order chi connectivity index (χ1) is 11.6. The second kappa shape index (κ2) is 8.72. The van der Waals surface area contributed by atoms with Gasteiger partial charge in [-0.2, -0.15) is 0 Å². The fourth-order valence-corrected chi connectivity index (χ4v) is 2.05. The van der Waals surface area contributed by atoms with Crippen molar-refractivity contribution in [2.24, 2.45) is 0 Å². The molecule has 0 aromatic heterocycles. The summed E-state index contributed by atoms with van der Waals surface area (Å²) in [5.74, 6) is -0.305. The molecule has 0 heterocycles. The first-order valence-corrected chi connectivity index (χ1v) is 7.85. The quantitative estimate of drug-likeness (QED) is 0.794. The van der Waals surface area contributed by atoms with Gasteiger partial charge in [0.25, 0.3) is 5.91 Å². The minimum absolute atomic E-state index is 0.317. The van der Waals surface area contributed by atoms with Crippen LogP contribution in [0.1, 0.15) is 29.8 Å². The van der Waals surface area contributed by atoms with E-state index in [0.29, 0.717) is 24.5 Å². The Bertz CT molecular complexity index is 685.